The lowest BCUT2D eigenvalue weighted by molar-refractivity contribution is 0.447. The third-order valence-electron chi connectivity index (χ3n) is 2.89. The Labute approximate surface area is 121 Å². The van der Waals surface area contributed by atoms with Crippen molar-refractivity contribution >= 4 is 21.0 Å². The van der Waals surface area contributed by atoms with Gasteiger partial charge in [0.1, 0.15) is 17.2 Å². The van der Waals surface area contributed by atoms with Crippen molar-refractivity contribution in [1.82, 2.24) is 14.9 Å². The first-order chi connectivity index (χ1) is 10.0. The molecule has 0 radical (unpaired) electrons. The molecule has 0 aliphatic rings. The highest BCUT2D eigenvalue weighted by Gasteiger charge is 2.18. The van der Waals surface area contributed by atoms with E-state index >= 15 is 0 Å². The summed E-state index contributed by atoms with van der Waals surface area (Å²) in [6.07, 6.45) is 1.54. The standard InChI is InChI=1S/C13H13N3O4S/c1-9-6-14-13(19-9)7-15-21(17,18)8-11-10-4-2-3-5-12(10)20-16-11/h2-6,15H,7-8H2,1H3. The quantitative estimate of drug-likeness (QED) is 0.771. The van der Waals surface area contributed by atoms with Crippen LogP contribution in [0.4, 0.5) is 0 Å². The van der Waals surface area contributed by atoms with E-state index in [4.69, 9.17) is 8.94 Å². The SMILES string of the molecule is Cc1cnc(CNS(=O)(=O)Cc2noc3ccccc23)o1. The zero-order chi connectivity index (χ0) is 14.9. The normalized spacial score (nSPS) is 12.0. The van der Waals surface area contributed by atoms with Crippen LogP contribution in [0.1, 0.15) is 17.3 Å². The minimum Gasteiger partial charge on any atom is -0.445 e. The Hall–Kier alpha value is -2.19. The minimum absolute atomic E-state index is 0.00591. The predicted molar refractivity (Wildman–Crippen MR) is 74.7 cm³/mol. The second-order valence-electron chi connectivity index (χ2n) is 4.57. The summed E-state index contributed by atoms with van der Waals surface area (Å²) in [5.41, 5.74) is 0.938. The first-order valence-electron chi connectivity index (χ1n) is 6.25. The zero-order valence-corrected chi connectivity index (χ0v) is 12.1. The lowest BCUT2D eigenvalue weighted by Crippen LogP contribution is -2.25. The lowest BCUT2D eigenvalue weighted by atomic mass is 10.2. The summed E-state index contributed by atoms with van der Waals surface area (Å²) in [7, 11) is -3.56. The van der Waals surface area contributed by atoms with E-state index in [0.717, 1.165) is 0 Å². The molecule has 2 aromatic heterocycles. The molecule has 1 N–H and O–H groups in total. The molecule has 8 heteroatoms. The molecule has 0 saturated heterocycles. The fourth-order valence-corrected chi connectivity index (χ4v) is 2.94. The Bertz CT molecular complexity index is 866. The molecule has 2 heterocycles. The molecule has 3 aromatic rings. The number of nitrogens with one attached hydrogen (secondary N) is 1. The highest BCUT2D eigenvalue weighted by molar-refractivity contribution is 7.88. The van der Waals surface area contributed by atoms with Gasteiger partial charge in [0, 0.05) is 5.39 Å². The number of rotatable bonds is 5. The van der Waals surface area contributed by atoms with Gasteiger partial charge in [-0.1, -0.05) is 17.3 Å². The van der Waals surface area contributed by atoms with Crippen molar-refractivity contribution < 1.29 is 17.4 Å². The molecule has 21 heavy (non-hydrogen) atoms. The van der Waals surface area contributed by atoms with Crippen LogP contribution < -0.4 is 4.72 Å². The van der Waals surface area contributed by atoms with Crippen LogP contribution in [0.15, 0.2) is 39.4 Å². The molecule has 0 bridgehead atoms. The van der Waals surface area contributed by atoms with E-state index in [2.05, 4.69) is 14.9 Å². The van der Waals surface area contributed by atoms with Crippen LogP contribution in [-0.4, -0.2) is 18.6 Å². The molecule has 0 fully saturated rings. The Morgan fingerprint density at radius 2 is 2.10 bits per heavy atom. The summed E-state index contributed by atoms with van der Waals surface area (Å²) in [5, 5.41) is 4.50. The summed E-state index contributed by atoms with van der Waals surface area (Å²) in [5.74, 6) is 0.691. The third kappa shape index (κ3) is 3.11. The Balaban J connectivity index is 1.73. The van der Waals surface area contributed by atoms with Crippen LogP contribution in [0.3, 0.4) is 0 Å². The van der Waals surface area contributed by atoms with Crippen molar-refractivity contribution in [3.63, 3.8) is 0 Å². The minimum atomic E-state index is -3.56. The van der Waals surface area contributed by atoms with Crippen LogP contribution in [0.25, 0.3) is 11.0 Å². The second kappa shape index (κ2) is 5.30. The summed E-state index contributed by atoms with van der Waals surface area (Å²) in [6.45, 7) is 1.75. The number of hydrogen-bond acceptors (Lipinski definition) is 6. The van der Waals surface area contributed by atoms with Crippen LogP contribution in [0.5, 0.6) is 0 Å². The van der Waals surface area contributed by atoms with Gasteiger partial charge in [-0.3, -0.25) is 0 Å². The van der Waals surface area contributed by atoms with Gasteiger partial charge in [-0.15, -0.1) is 0 Å². The molecule has 0 amide bonds. The predicted octanol–water partition coefficient (Wildman–Crippen LogP) is 1.74. The van der Waals surface area contributed by atoms with Gasteiger partial charge in [0.2, 0.25) is 15.9 Å². The molecular weight excluding hydrogens is 294 g/mol. The smallest absolute Gasteiger partial charge is 0.217 e. The highest BCUT2D eigenvalue weighted by atomic mass is 32.2. The number of nitrogens with zero attached hydrogens (tertiary/aromatic N) is 2. The molecule has 0 spiro atoms. The number of aryl methyl sites for hydroxylation is 1. The van der Waals surface area contributed by atoms with Gasteiger partial charge < -0.3 is 8.94 Å². The van der Waals surface area contributed by atoms with Gasteiger partial charge in [-0.2, -0.15) is 0 Å². The van der Waals surface area contributed by atoms with Crippen molar-refractivity contribution in [3.05, 3.63) is 47.8 Å². The molecule has 0 aliphatic carbocycles. The number of sulfonamides is 1. The molecule has 0 saturated carbocycles. The monoisotopic (exact) mass is 307 g/mol. The molecule has 110 valence electrons. The molecule has 0 atom stereocenters. The van der Waals surface area contributed by atoms with Crippen molar-refractivity contribution in [2.24, 2.45) is 0 Å². The summed E-state index contributed by atoms with van der Waals surface area (Å²) < 4.78 is 36.8. The zero-order valence-electron chi connectivity index (χ0n) is 11.2. The second-order valence-corrected chi connectivity index (χ2v) is 6.38. The number of hydrogen-bond donors (Lipinski definition) is 1. The molecule has 3 rings (SSSR count). The number of benzene rings is 1. The third-order valence-corrected chi connectivity index (χ3v) is 4.13. The first kappa shape index (κ1) is 13.8. The van der Waals surface area contributed by atoms with Gasteiger partial charge in [0.05, 0.1) is 12.7 Å². The van der Waals surface area contributed by atoms with E-state index in [1.807, 2.05) is 0 Å². The fraction of sp³-hybridized carbons (Fsp3) is 0.231. The van der Waals surface area contributed by atoms with E-state index in [1.54, 1.807) is 31.2 Å². The first-order valence-corrected chi connectivity index (χ1v) is 7.91. The Kier molecular flexibility index (Phi) is 3.48. The lowest BCUT2D eigenvalue weighted by Gasteiger charge is -2.02. The van der Waals surface area contributed by atoms with E-state index in [-0.39, 0.29) is 12.3 Å². The number of oxazole rings is 1. The maximum absolute atomic E-state index is 12.1. The van der Waals surface area contributed by atoms with Crippen molar-refractivity contribution in [2.75, 3.05) is 0 Å². The number of fused-ring (bicyclic) bond motifs is 1. The van der Waals surface area contributed by atoms with Crippen LogP contribution >= 0.6 is 0 Å². The topological polar surface area (TPSA) is 98.2 Å². The summed E-state index contributed by atoms with van der Waals surface area (Å²) in [6, 6.07) is 7.11. The van der Waals surface area contributed by atoms with E-state index < -0.39 is 10.0 Å². The van der Waals surface area contributed by atoms with Gasteiger partial charge in [-0.05, 0) is 19.1 Å². The van der Waals surface area contributed by atoms with Crippen molar-refractivity contribution in [2.45, 2.75) is 19.2 Å². The van der Waals surface area contributed by atoms with Crippen LogP contribution in [0, 0.1) is 6.92 Å². The average molecular weight is 307 g/mol. The van der Waals surface area contributed by atoms with Gasteiger partial charge in [0.15, 0.2) is 5.58 Å². The fourth-order valence-electron chi connectivity index (χ4n) is 1.93. The van der Waals surface area contributed by atoms with E-state index in [9.17, 15) is 8.42 Å². The molecule has 1 aromatic carbocycles. The van der Waals surface area contributed by atoms with Crippen molar-refractivity contribution in [3.8, 4) is 0 Å². The maximum Gasteiger partial charge on any atom is 0.217 e. The van der Waals surface area contributed by atoms with Gasteiger partial charge in [-0.25, -0.2) is 18.1 Å². The molecular formula is C13H13N3O4S. The average Bonchev–Trinajstić information content (AvgIpc) is 3.04. The van der Waals surface area contributed by atoms with E-state index in [0.29, 0.717) is 28.3 Å². The number of aromatic nitrogens is 2. The molecule has 0 unspecified atom stereocenters. The van der Waals surface area contributed by atoms with Crippen LogP contribution in [-0.2, 0) is 22.3 Å². The Morgan fingerprint density at radius 1 is 1.29 bits per heavy atom. The molecule has 0 aliphatic heterocycles. The van der Waals surface area contributed by atoms with Crippen LogP contribution in [0.2, 0.25) is 0 Å². The summed E-state index contributed by atoms with van der Waals surface area (Å²) >= 11 is 0. The summed E-state index contributed by atoms with van der Waals surface area (Å²) in [4.78, 5) is 3.94. The number of para-hydroxylation sites is 1. The largest absolute Gasteiger partial charge is 0.445 e. The Morgan fingerprint density at radius 3 is 2.86 bits per heavy atom. The maximum atomic E-state index is 12.1. The highest BCUT2D eigenvalue weighted by Crippen LogP contribution is 2.19. The van der Waals surface area contributed by atoms with E-state index in [1.165, 1.54) is 6.20 Å². The van der Waals surface area contributed by atoms with Crippen molar-refractivity contribution in [1.29, 1.82) is 0 Å². The van der Waals surface area contributed by atoms with Gasteiger partial charge in [0.25, 0.3) is 0 Å². The van der Waals surface area contributed by atoms with Gasteiger partial charge >= 0.3 is 0 Å². The molecule has 7 nitrogen and oxygen atoms in total.